The first kappa shape index (κ1) is 11.6. The van der Waals surface area contributed by atoms with Crippen LogP contribution in [0.15, 0.2) is 22.7 Å². The maximum absolute atomic E-state index is 12.1. The molecule has 1 aromatic rings. The topological polar surface area (TPSA) is 40.5 Å². The van der Waals surface area contributed by atoms with E-state index in [1.807, 2.05) is 25.1 Å². The van der Waals surface area contributed by atoms with Crippen LogP contribution in [0.5, 0.6) is 0 Å². The molecule has 0 aromatic heterocycles. The van der Waals surface area contributed by atoms with Crippen LogP contribution >= 0.6 is 15.9 Å². The summed E-state index contributed by atoms with van der Waals surface area (Å²) in [6, 6.07) is 5.58. The number of aliphatic hydroxyl groups is 1. The van der Waals surface area contributed by atoms with Crippen molar-refractivity contribution in [2.24, 2.45) is 0 Å². The molecule has 16 heavy (non-hydrogen) atoms. The highest BCUT2D eigenvalue weighted by atomic mass is 79.9. The van der Waals surface area contributed by atoms with Crippen LogP contribution < -0.4 is 0 Å². The molecule has 86 valence electrons. The molecule has 1 heterocycles. The quantitative estimate of drug-likeness (QED) is 0.856. The zero-order chi connectivity index (χ0) is 11.7. The molecule has 4 heteroatoms. The van der Waals surface area contributed by atoms with Gasteiger partial charge in [0.15, 0.2) is 0 Å². The fourth-order valence-corrected chi connectivity index (χ4v) is 2.21. The third-order valence-electron chi connectivity index (χ3n) is 2.87. The van der Waals surface area contributed by atoms with Gasteiger partial charge in [0, 0.05) is 23.1 Å². The molecule has 0 saturated carbocycles. The number of aliphatic hydroxyl groups excluding tert-OH is 1. The summed E-state index contributed by atoms with van der Waals surface area (Å²) in [7, 11) is 0. The van der Waals surface area contributed by atoms with Crippen molar-refractivity contribution in [1.82, 2.24) is 4.90 Å². The van der Waals surface area contributed by atoms with Gasteiger partial charge in [0.1, 0.15) is 0 Å². The third kappa shape index (κ3) is 2.28. The molecule has 1 saturated heterocycles. The Morgan fingerprint density at radius 3 is 2.88 bits per heavy atom. The monoisotopic (exact) mass is 283 g/mol. The van der Waals surface area contributed by atoms with E-state index in [1.54, 1.807) is 4.90 Å². The standard InChI is InChI=1S/C12H14BrNO2/c1-8-2-3-9(6-11(8)13)12(16)14-5-4-10(15)7-14/h2-3,6,10,15H,4-5,7H2,1H3. The number of nitrogens with zero attached hydrogens (tertiary/aromatic N) is 1. The van der Waals surface area contributed by atoms with Crippen LogP contribution in [0.1, 0.15) is 22.3 Å². The summed E-state index contributed by atoms with van der Waals surface area (Å²) in [4.78, 5) is 13.7. The van der Waals surface area contributed by atoms with Gasteiger partial charge in [0.05, 0.1) is 6.10 Å². The van der Waals surface area contributed by atoms with Crippen molar-refractivity contribution in [2.75, 3.05) is 13.1 Å². The minimum absolute atomic E-state index is 0.00255. The molecule has 1 aromatic carbocycles. The number of hydrogen-bond donors (Lipinski definition) is 1. The lowest BCUT2D eigenvalue weighted by atomic mass is 10.1. The number of rotatable bonds is 1. The first-order valence-corrected chi connectivity index (χ1v) is 6.10. The van der Waals surface area contributed by atoms with Crippen molar-refractivity contribution in [3.63, 3.8) is 0 Å². The maximum atomic E-state index is 12.1. The maximum Gasteiger partial charge on any atom is 0.253 e. The second kappa shape index (κ2) is 4.55. The van der Waals surface area contributed by atoms with E-state index < -0.39 is 0 Å². The van der Waals surface area contributed by atoms with Crippen molar-refractivity contribution in [3.8, 4) is 0 Å². The lowest BCUT2D eigenvalue weighted by Crippen LogP contribution is -2.29. The van der Waals surface area contributed by atoms with Crippen LogP contribution in [0.4, 0.5) is 0 Å². The first-order chi connectivity index (χ1) is 7.58. The van der Waals surface area contributed by atoms with Crippen LogP contribution in [-0.4, -0.2) is 35.1 Å². The van der Waals surface area contributed by atoms with Crippen molar-refractivity contribution in [2.45, 2.75) is 19.4 Å². The molecule has 1 amide bonds. The van der Waals surface area contributed by atoms with E-state index in [4.69, 9.17) is 0 Å². The second-order valence-corrected chi connectivity index (χ2v) is 5.01. The Balaban J connectivity index is 2.18. The van der Waals surface area contributed by atoms with Gasteiger partial charge in [0.25, 0.3) is 5.91 Å². The Bertz CT molecular complexity index is 419. The number of likely N-dealkylation sites (tertiary alicyclic amines) is 1. The van der Waals surface area contributed by atoms with E-state index >= 15 is 0 Å². The number of β-amino-alcohol motifs (C(OH)–C–C–N with tert-alkyl or cyclic N) is 1. The Labute approximate surface area is 103 Å². The van der Waals surface area contributed by atoms with Gasteiger partial charge < -0.3 is 10.0 Å². The number of amides is 1. The van der Waals surface area contributed by atoms with Gasteiger partial charge in [-0.05, 0) is 31.0 Å². The van der Waals surface area contributed by atoms with E-state index in [2.05, 4.69) is 15.9 Å². The van der Waals surface area contributed by atoms with Crippen molar-refractivity contribution < 1.29 is 9.90 Å². The minimum atomic E-state index is -0.363. The highest BCUT2D eigenvalue weighted by molar-refractivity contribution is 9.10. The summed E-state index contributed by atoms with van der Waals surface area (Å²) in [5.41, 5.74) is 1.78. The summed E-state index contributed by atoms with van der Waals surface area (Å²) in [6.45, 7) is 3.08. The number of aryl methyl sites for hydroxylation is 1. The van der Waals surface area contributed by atoms with Gasteiger partial charge in [-0.2, -0.15) is 0 Å². The number of carbonyl (C=O) groups excluding carboxylic acids is 1. The molecule has 0 radical (unpaired) electrons. The lowest BCUT2D eigenvalue weighted by Gasteiger charge is -2.15. The van der Waals surface area contributed by atoms with Gasteiger partial charge in [-0.1, -0.05) is 22.0 Å². The zero-order valence-corrected chi connectivity index (χ0v) is 10.7. The largest absolute Gasteiger partial charge is 0.391 e. The Kier molecular flexibility index (Phi) is 3.30. The fraction of sp³-hybridized carbons (Fsp3) is 0.417. The normalized spacial score (nSPS) is 20.2. The summed E-state index contributed by atoms with van der Waals surface area (Å²) < 4.78 is 0.943. The molecule has 1 aliphatic rings. The van der Waals surface area contributed by atoms with Gasteiger partial charge in [0.2, 0.25) is 0 Å². The number of hydrogen-bond acceptors (Lipinski definition) is 2. The van der Waals surface area contributed by atoms with Crippen LogP contribution in [-0.2, 0) is 0 Å². The fourth-order valence-electron chi connectivity index (χ4n) is 1.83. The van der Waals surface area contributed by atoms with Crippen LogP contribution in [0.3, 0.4) is 0 Å². The predicted octanol–water partition coefficient (Wildman–Crippen LogP) is 1.96. The second-order valence-electron chi connectivity index (χ2n) is 4.16. The van der Waals surface area contributed by atoms with Gasteiger partial charge >= 0.3 is 0 Å². The molecule has 0 aliphatic carbocycles. The van der Waals surface area contributed by atoms with E-state index in [1.165, 1.54) is 0 Å². The molecule has 1 atom stereocenters. The average molecular weight is 284 g/mol. The number of benzene rings is 1. The molecule has 3 nitrogen and oxygen atoms in total. The van der Waals surface area contributed by atoms with Crippen molar-refractivity contribution in [1.29, 1.82) is 0 Å². The Morgan fingerprint density at radius 1 is 1.56 bits per heavy atom. The number of carbonyl (C=O) groups is 1. The summed E-state index contributed by atoms with van der Waals surface area (Å²) >= 11 is 3.41. The van der Waals surface area contributed by atoms with E-state index in [0.29, 0.717) is 25.1 Å². The van der Waals surface area contributed by atoms with Gasteiger partial charge in [-0.25, -0.2) is 0 Å². The van der Waals surface area contributed by atoms with E-state index in [9.17, 15) is 9.90 Å². The summed E-state index contributed by atoms with van der Waals surface area (Å²) in [5.74, 6) is -0.00255. The molecule has 2 rings (SSSR count). The molecular formula is C12H14BrNO2. The summed E-state index contributed by atoms with van der Waals surface area (Å²) in [5, 5.41) is 9.39. The highest BCUT2D eigenvalue weighted by Crippen LogP contribution is 2.20. The molecule has 1 N–H and O–H groups in total. The molecule has 0 spiro atoms. The molecular weight excluding hydrogens is 270 g/mol. The van der Waals surface area contributed by atoms with Gasteiger partial charge in [-0.15, -0.1) is 0 Å². The van der Waals surface area contributed by atoms with Crippen molar-refractivity contribution in [3.05, 3.63) is 33.8 Å². The van der Waals surface area contributed by atoms with E-state index in [-0.39, 0.29) is 12.0 Å². The average Bonchev–Trinajstić information content (AvgIpc) is 2.68. The molecule has 1 aliphatic heterocycles. The van der Waals surface area contributed by atoms with Gasteiger partial charge in [-0.3, -0.25) is 4.79 Å². The van der Waals surface area contributed by atoms with Crippen LogP contribution in [0.2, 0.25) is 0 Å². The van der Waals surface area contributed by atoms with Crippen molar-refractivity contribution >= 4 is 21.8 Å². The summed E-state index contributed by atoms with van der Waals surface area (Å²) in [6.07, 6.45) is 0.316. The molecule has 1 unspecified atom stereocenters. The molecule has 1 fully saturated rings. The third-order valence-corrected chi connectivity index (χ3v) is 3.72. The van der Waals surface area contributed by atoms with Crippen LogP contribution in [0.25, 0.3) is 0 Å². The Morgan fingerprint density at radius 2 is 2.31 bits per heavy atom. The SMILES string of the molecule is Cc1ccc(C(=O)N2CCC(O)C2)cc1Br. The molecule has 0 bridgehead atoms. The predicted molar refractivity (Wildman–Crippen MR) is 65.4 cm³/mol. The zero-order valence-electron chi connectivity index (χ0n) is 9.11. The first-order valence-electron chi connectivity index (χ1n) is 5.31. The van der Waals surface area contributed by atoms with E-state index in [0.717, 1.165) is 10.0 Å². The van der Waals surface area contributed by atoms with Crippen LogP contribution in [0, 0.1) is 6.92 Å². The lowest BCUT2D eigenvalue weighted by molar-refractivity contribution is 0.0765. The Hall–Kier alpha value is -0.870. The minimum Gasteiger partial charge on any atom is -0.391 e. The highest BCUT2D eigenvalue weighted by Gasteiger charge is 2.25. The smallest absolute Gasteiger partial charge is 0.253 e. The number of halogens is 1.